The third kappa shape index (κ3) is 2.93. The van der Waals surface area contributed by atoms with Crippen LogP contribution >= 0.6 is 15.9 Å². The molecule has 0 spiro atoms. The van der Waals surface area contributed by atoms with Crippen molar-refractivity contribution in [3.05, 3.63) is 64.9 Å². The van der Waals surface area contributed by atoms with Gasteiger partial charge in [0.15, 0.2) is 5.76 Å². The Morgan fingerprint density at radius 1 is 1.00 bits per heavy atom. The highest BCUT2D eigenvalue weighted by molar-refractivity contribution is 9.10. The van der Waals surface area contributed by atoms with E-state index < -0.39 is 11.7 Å². The fourth-order valence-corrected chi connectivity index (χ4v) is 2.98. The van der Waals surface area contributed by atoms with Gasteiger partial charge in [-0.25, -0.2) is 4.98 Å². The number of nitrogens with zero attached hydrogens (tertiary/aromatic N) is 3. The number of alkyl halides is 3. The maximum Gasteiger partial charge on any atom is 0.420 e. The summed E-state index contributed by atoms with van der Waals surface area (Å²) in [4.78, 5) is 4.09. The van der Waals surface area contributed by atoms with E-state index in [0.29, 0.717) is 15.9 Å². The summed E-state index contributed by atoms with van der Waals surface area (Å²) in [5, 5.41) is 3.97. The summed E-state index contributed by atoms with van der Waals surface area (Å²) in [6, 6.07) is 12.0. The minimum atomic E-state index is -4.51. The molecule has 3 aromatic heterocycles. The van der Waals surface area contributed by atoms with E-state index in [4.69, 9.17) is 4.52 Å². The standard InChI is InChI=1S/C17H9BrF3N3O/c18-11-6-12(17(19,20)21)16-22-14(9-24(16)8-11)15-7-13(23-25-15)10-4-2-1-3-5-10/h1-9H. The lowest BCUT2D eigenvalue weighted by molar-refractivity contribution is -0.136. The van der Waals surface area contributed by atoms with Crippen LogP contribution in [0.5, 0.6) is 0 Å². The first kappa shape index (κ1) is 15.9. The number of hydrogen-bond donors (Lipinski definition) is 0. The van der Waals surface area contributed by atoms with E-state index in [1.165, 1.54) is 16.8 Å². The van der Waals surface area contributed by atoms with Crippen molar-refractivity contribution in [2.24, 2.45) is 0 Å². The van der Waals surface area contributed by atoms with Crippen LogP contribution in [0.2, 0.25) is 0 Å². The number of rotatable bonds is 2. The van der Waals surface area contributed by atoms with Gasteiger partial charge in [-0.3, -0.25) is 0 Å². The van der Waals surface area contributed by atoms with Crippen molar-refractivity contribution in [2.45, 2.75) is 6.18 Å². The number of pyridine rings is 1. The highest BCUT2D eigenvalue weighted by Gasteiger charge is 2.34. The lowest BCUT2D eigenvalue weighted by atomic mass is 10.1. The summed E-state index contributed by atoms with van der Waals surface area (Å²) < 4.78 is 46.6. The molecule has 0 unspecified atom stereocenters. The average molecular weight is 408 g/mol. The van der Waals surface area contributed by atoms with Crippen LogP contribution in [-0.4, -0.2) is 14.5 Å². The molecule has 0 radical (unpaired) electrons. The van der Waals surface area contributed by atoms with Crippen molar-refractivity contribution in [3.8, 4) is 22.7 Å². The summed E-state index contributed by atoms with van der Waals surface area (Å²) in [6.07, 6.45) is -1.52. The molecule has 0 amide bonds. The maximum atomic E-state index is 13.2. The first-order chi connectivity index (χ1) is 11.9. The van der Waals surface area contributed by atoms with E-state index in [1.807, 2.05) is 30.3 Å². The first-order valence-electron chi connectivity index (χ1n) is 7.20. The number of benzene rings is 1. The molecule has 0 saturated carbocycles. The van der Waals surface area contributed by atoms with Crippen molar-refractivity contribution >= 4 is 21.6 Å². The van der Waals surface area contributed by atoms with Crippen LogP contribution in [0.1, 0.15) is 5.56 Å². The van der Waals surface area contributed by atoms with E-state index in [0.717, 1.165) is 11.6 Å². The van der Waals surface area contributed by atoms with Gasteiger partial charge in [-0.15, -0.1) is 0 Å². The number of imidazole rings is 1. The van der Waals surface area contributed by atoms with Crippen molar-refractivity contribution < 1.29 is 17.7 Å². The van der Waals surface area contributed by atoms with Crippen LogP contribution in [-0.2, 0) is 6.18 Å². The highest BCUT2D eigenvalue weighted by atomic mass is 79.9. The molecular formula is C17H9BrF3N3O. The minimum absolute atomic E-state index is 0.191. The molecule has 1 aromatic carbocycles. The van der Waals surface area contributed by atoms with E-state index in [1.54, 1.807) is 6.07 Å². The largest absolute Gasteiger partial charge is 0.420 e. The minimum Gasteiger partial charge on any atom is -0.354 e. The molecule has 126 valence electrons. The van der Waals surface area contributed by atoms with Crippen LogP contribution in [0.25, 0.3) is 28.4 Å². The predicted octanol–water partition coefficient (Wildman–Crippen LogP) is 5.44. The average Bonchev–Trinajstić information content (AvgIpc) is 3.20. The van der Waals surface area contributed by atoms with Gasteiger partial charge in [0.25, 0.3) is 0 Å². The van der Waals surface area contributed by atoms with Crippen molar-refractivity contribution in [2.75, 3.05) is 0 Å². The second-order valence-electron chi connectivity index (χ2n) is 5.37. The van der Waals surface area contributed by atoms with Crippen molar-refractivity contribution in [3.63, 3.8) is 0 Å². The van der Waals surface area contributed by atoms with Crippen LogP contribution in [0.3, 0.4) is 0 Å². The Hall–Kier alpha value is -2.61. The topological polar surface area (TPSA) is 43.3 Å². The zero-order valence-electron chi connectivity index (χ0n) is 12.5. The summed E-state index contributed by atoms with van der Waals surface area (Å²) in [6.45, 7) is 0. The van der Waals surface area contributed by atoms with Gasteiger partial charge >= 0.3 is 6.18 Å². The Labute approximate surface area is 148 Å². The number of halogens is 4. The summed E-state index contributed by atoms with van der Waals surface area (Å²) in [7, 11) is 0. The molecule has 4 aromatic rings. The van der Waals surface area contributed by atoms with Gasteiger partial charge in [0, 0.05) is 28.5 Å². The van der Waals surface area contributed by atoms with Gasteiger partial charge in [0.05, 0.1) is 5.56 Å². The SMILES string of the molecule is FC(F)(F)c1cc(Br)cn2cc(-c3cc(-c4ccccc4)no3)nc12. The number of fused-ring (bicyclic) bond motifs is 1. The van der Waals surface area contributed by atoms with Crippen LogP contribution < -0.4 is 0 Å². The van der Waals surface area contributed by atoms with E-state index >= 15 is 0 Å². The molecule has 25 heavy (non-hydrogen) atoms. The number of hydrogen-bond acceptors (Lipinski definition) is 3. The molecule has 0 bridgehead atoms. The monoisotopic (exact) mass is 407 g/mol. The zero-order valence-corrected chi connectivity index (χ0v) is 14.0. The van der Waals surface area contributed by atoms with Crippen molar-refractivity contribution in [1.82, 2.24) is 14.5 Å². The Morgan fingerprint density at radius 2 is 1.76 bits per heavy atom. The van der Waals surface area contributed by atoms with Gasteiger partial charge in [0.2, 0.25) is 0 Å². The summed E-state index contributed by atoms with van der Waals surface area (Å²) >= 11 is 3.09. The summed E-state index contributed by atoms with van der Waals surface area (Å²) in [5.74, 6) is 0.298. The molecule has 3 heterocycles. The third-order valence-electron chi connectivity index (χ3n) is 3.66. The highest BCUT2D eigenvalue weighted by Crippen LogP contribution is 2.35. The maximum absolute atomic E-state index is 13.2. The smallest absolute Gasteiger partial charge is 0.354 e. The first-order valence-corrected chi connectivity index (χ1v) is 7.99. The second kappa shape index (κ2) is 5.73. The van der Waals surface area contributed by atoms with Crippen LogP contribution in [0.15, 0.2) is 63.9 Å². The van der Waals surface area contributed by atoms with Gasteiger partial charge in [-0.2, -0.15) is 13.2 Å². The van der Waals surface area contributed by atoms with E-state index in [-0.39, 0.29) is 11.3 Å². The lowest BCUT2D eigenvalue weighted by Crippen LogP contribution is -2.07. The molecule has 0 saturated heterocycles. The quantitative estimate of drug-likeness (QED) is 0.444. The zero-order chi connectivity index (χ0) is 17.6. The molecule has 0 aliphatic carbocycles. The van der Waals surface area contributed by atoms with E-state index in [2.05, 4.69) is 26.1 Å². The van der Waals surface area contributed by atoms with Gasteiger partial charge in [-0.05, 0) is 22.0 Å². The predicted molar refractivity (Wildman–Crippen MR) is 88.8 cm³/mol. The summed E-state index contributed by atoms with van der Waals surface area (Å²) in [5.41, 5.74) is 0.697. The lowest BCUT2D eigenvalue weighted by Gasteiger charge is -2.08. The molecule has 0 fully saturated rings. The van der Waals surface area contributed by atoms with Gasteiger partial charge < -0.3 is 8.92 Å². The molecule has 4 nitrogen and oxygen atoms in total. The third-order valence-corrected chi connectivity index (χ3v) is 4.09. The number of aromatic nitrogens is 3. The fourth-order valence-electron chi connectivity index (χ4n) is 2.53. The Kier molecular flexibility index (Phi) is 3.64. The second-order valence-corrected chi connectivity index (χ2v) is 6.28. The molecule has 0 aliphatic heterocycles. The molecule has 0 aliphatic rings. The molecular weight excluding hydrogens is 399 g/mol. The fraction of sp³-hybridized carbons (Fsp3) is 0.0588. The van der Waals surface area contributed by atoms with Gasteiger partial charge in [-0.1, -0.05) is 35.5 Å². The molecule has 0 N–H and O–H groups in total. The normalized spacial score (nSPS) is 12.0. The Morgan fingerprint density at radius 3 is 2.48 bits per heavy atom. The Balaban J connectivity index is 1.82. The molecule has 4 rings (SSSR count). The van der Waals surface area contributed by atoms with Crippen LogP contribution in [0, 0.1) is 0 Å². The van der Waals surface area contributed by atoms with Crippen LogP contribution in [0.4, 0.5) is 13.2 Å². The molecule has 8 heteroatoms. The van der Waals surface area contributed by atoms with Gasteiger partial charge in [0.1, 0.15) is 17.0 Å². The van der Waals surface area contributed by atoms with E-state index in [9.17, 15) is 13.2 Å². The Bertz CT molecular complexity index is 1050. The van der Waals surface area contributed by atoms with Crippen molar-refractivity contribution in [1.29, 1.82) is 0 Å². The molecule has 0 atom stereocenters.